The molecule has 0 bridgehead atoms. The first kappa shape index (κ1) is 17.7. The van der Waals surface area contributed by atoms with E-state index >= 15 is 0 Å². The van der Waals surface area contributed by atoms with E-state index in [4.69, 9.17) is 11.5 Å². The average molecular weight is 343 g/mol. The minimum Gasteiger partial charge on any atom is -0.383 e. The summed E-state index contributed by atoms with van der Waals surface area (Å²) in [5.41, 5.74) is 8.97. The van der Waals surface area contributed by atoms with Gasteiger partial charge in [-0.3, -0.25) is 4.79 Å². The van der Waals surface area contributed by atoms with Gasteiger partial charge in [0.05, 0.1) is 11.1 Å². The van der Waals surface area contributed by atoms with Crippen molar-refractivity contribution in [2.24, 2.45) is 5.73 Å². The van der Waals surface area contributed by atoms with Crippen LogP contribution in [-0.2, 0) is 6.18 Å². The van der Waals surface area contributed by atoms with Crippen molar-refractivity contribution < 1.29 is 20.8 Å². The van der Waals surface area contributed by atoms with Crippen LogP contribution in [-0.4, -0.2) is 28.8 Å². The standard InChI is InChI=1S/C15H16F3N5O.2H2/c16-15(17,18)10-4-5-11(21-8-2-6-19)23-12(10)13(24)9-3-1-7-22-14(9)20;;/h1,3-5,7H,2,6,8,19H2,(H2,20,22)(H,21,23);2*1H. The van der Waals surface area contributed by atoms with E-state index < -0.39 is 23.2 Å². The fourth-order valence-electron chi connectivity index (χ4n) is 2.02. The number of nitrogen functional groups attached to an aromatic ring is 1. The maximum atomic E-state index is 13.2. The third-order valence-electron chi connectivity index (χ3n) is 3.19. The van der Waals surface area contributed by atoms with E-state index in [1.807, 2.05) is 0 Å². The van der Waals surface area contributed by atoms with Crippen LogP contribution in [0.5, 0.6) is 0 Å². The number of carbonyl (C=O) groups is 1. The molecular weight excluding hydrogens is 323 g/mol. The van der Waals surface area contributed by atoms with Gasteiger partial charge in [0, 0.05) is 15.6 Å². The highest BCUT2D eigenvalue weighted by atomic mass is 19.4. The molecule has 0 atom stereocenters. The zero-order valence-electron chi connectivity index (χ0n) is 12.6. The number of alkyl halides is 3. The van der Waals surface area contributed by atoms with Gasteiger partial charge in [0.1, 0.15) is 17.3 Å². The molecule has 0 radical (unpaired) electrons. The lowest BCUT2D eigenvalue weighted by Crippen LogP contribution is -2.18. The number of carbonyl (C=O) groups excluding carboxylic acids is 1. The van der Waals surface area contributed by atoms with Gasteiger partial charge in [-0.15, -0.1) is 0 Å². The van der Waals surface area contributed by atoms with Crippen molar-refractivity contribution in [1.82, 2.24) is 9.97 Å². The summed E-state index contributed by atoms with van der Waals surface area (Å²) in [5, 5.41) is 2.83. The van der Waals surface area contributed by atoms with Crippen LogP contribution in [0, 0.1) is 0 Å². The topological polar surface area (TPSA) is 107 Å². The van der Waals surface area contributed by atoms with Crippen LogP contribution >= 0.6 is 0 Å². The van der Waals surface area contributed by atoms with Crippen molar-refractivity contribution >= 4 is 17.4 Å². The van der Waals surface area contributed by atoms with Crippen LogP contribution in [0.1, 0.15) is 30.9 Å². The molecule has 2 heterocycles. The molecule has 0 aliphatic carbocycles. The summed E-state index contributed by atoms with van der Waals surface area (Å²) in [4.78, 5) is 20.0. The second kappa shape index (κ2) is 7.26. The number of hydrogen-bond donors (Lipinski definition) is 3. The van der Waals surface area contributed by atoms with Crippen molar-refractivity contribution in [3.63, 3.8) is 0 Å². The molecule has 2 aromatic rings. The highest BCUT2D eigenvalue weighted by molar-refractivity contribution is 6.11. The summed E-state index contributed by atoms with van der Waals surface area (Å²) in [7, 11) is 0. The Hall–Kier alpha value is -2.68. The van der Waals surface area contributed by atoms with Gasteiger partial charge in [-0.2, -0.15) is 13.2 Å². The highest BCUT2D eigenvalue weighted by Crippen LogP contribution is 2.33. The molecule has 6 nitrogen and oxygen atoms in total. The first-order valence-corrected chi connectivity index (χ1v) is 7.12. The number of aromatic nitrogens is 2. The lowest BCUT2D eigenvalue weighted by atomic mass is 10.0. The molecule has 2 aromatic heterocycles. The zero-order valence-corrected chi connectivity index (χ0v) is 12.6. The number of pyridine rings is 2. The fourth-order valence-corrected chi connectivity index (χ4v) is 2.02. The van der Waals surface area contributed by atoms with Gasteiger partial charge in [-0.1, -0.05) is 0 Å². The Morgan fingerprint density at radius 2 is 2.04 bits per heavy atom. The van der Waals surface area contributed by atoms with E-state index in [-0.39, 0.29) is 20.1 Å². The number of anilines is 2. The first-order valence-electron chi connectivity index (χ1n) is 7.12. The van der Waals surface area contributed by atoms with Gasteiger partial charge in [0.15, 0.2) is 0 Å². The first-order chi connectivity index (χ1) is 11.3. The maximum absolute atomic E-state index is 13.2. The van der Waals surface area contributed by atoms with Crippen LogP contribution < -0.4 is 16.8 Å². The summed E-state index contributed by atoms with van der Waals surface area (Å²) in [6.07, 6.45) is -2.76. The van der Waals surface area contributed by atoms with Crippen LogP contribution in [0.25, 0.3) is 0 Å². The molecule has 0 aliphatic heterocycles. The highest BCUT2D eigenvalue weighted by Gasteiger charge is 2.37. The average Bonchev–Trinajstić information content (AvgIpc) is 2.54. The normalized spacial score (nSPS) is 11.3. The van der Waals surface area contributed by atoms with Crippen molar-refractivity contribution in [1.29, 1.82) is 0 Å². The Labute approximate surface area is 139 Å². The fraction of sp³-hybridized carbons (Fsp3) is 0.267. The van der Waals surface area contributed by atoms with E-state index in [1.165, 1.54) is 24.4 Å². The summed E-state index contributed by atoms with van der Waals surface area (Å²) in [6, 6.07) is 4.71. The summed E-state index contributed by atoms with van der Waals surface area (Å²) < 4.78 is 39.6. The van der Waals surface area contributed by atoms with E-state index in [0.29, 0.717) is 19.5 Å². The molecule has 0 fully saturated rings. The van der Waals surface area contributed by atoms with Crippen molar-refractivity contribution in [3.8, 4) is 0 Å². The molecule has 0 saturated heterocycles. The Kier molecular flexibility index (Phi) is 5.35. The molecule has 0 aliphatic rings. The van der Waals surface area contributed by atoms with Crippen LogP contribution in [0.3, 0.4) is 0 Å². The molecular formula is C15H20F3N5O. The number of hydrogen-bond acceptors (Lipinski definition) is 6. The van der Waals surface area contributed by atoms with E-state index in [2.05, 4.69) is 15.3 Å². The Balaban J connectivity index is 0.00000312. The molecule has 0 saturated carbocycles. The quantitative estimate of drug-likeness (QED) is 0.550. The number of halogens is 3. The second-order valence-electron chi connectivity index (χ2n) is 4.92. The smallest absolute Gasteiger partial charge is 0.383 e. The minimum atomic E-state index is -4.72. The molecule has 5 N–H and O–H groups in total. The van der Waals surface area contributed by atoms with Crippen molar-refractivity contribution in [2.45, 2.75) is 12.6 Å². The SMILES string of the molecule is NCCCNc1ccc(C(F)(F)F)c(C(=O)c2cccnc2N)n1.[HH].[HH]. The molecule has 0 amide bonds. The zero-order chi connectivity index (χ0) is 17.7. The van der Waals surface area contributed by atoms with Gasteiger partial charge in [0.25, 0.3) is 0 Å². The van der Waals surface area contributed by atoms with Crippen LogP contribution in [0.2, 0.25) is 0 Å². The van der Waals surface area contributed by atoms with Gasteiger partial charge in [-0.25, -0.2) is 9.97 Å². The molecule has 24 heavy (non-hydrogen) atoms. The van der Waals surface area contributed by atoms with Crippen LogP contribution in [0.4, 0.5) is 24.8 Å². The number of nitrogens with one attached hydrogen (secondary N) is 1. The number of nitrogens with zero attached hydrogens (tertiary/aromatic N) is 2. The predicted molar refractivity (Wildman–Crippen MR) is 87.7 cm³/mol. The summed E-state index contributed by atoms with van der Waals surface area (Å²) >= 11 is 0. The third kappa shape index (κ3) is 3.99. The molecule has 0 spiro atoms. The lowest BCUT2D eigenvalue weighted by molar-refractivity contribution is -0.138. The second-order valence-corrected chi connectivity index (χ2v) is 4.92. The number of nitrogens with two attached hydrogens (primary N) is 2. The Bertz CT molecular complexity index is 743. The largest absolute Gasteiger partial charge is 0.418 e. The maximum Gasteiger partial charge on any atom is 0.418 e. The van der Waals surface area contributed by atoms with E-state index in [9.17, 15) is 18.0 Å². The number of ketones is 1. The van der Waals surface area contributed by atoms with Gasteiger partial charge < -0.3 is 16.8 Å². The molecule has 132 valence electrons. The Morgan fingerprint density at radius 1 is 1.29 bits per heavy atom. The minimum absolute atomic E-state index is 0. The number of rotatable bonds is 6. The molecule has 0 aromatic carbocycles. The third-order valence-corrected chi connectivity index (χ3v) is 3.19. The van der Waals surface area contributed by atoms with Crippen LogP contribution in [0.15, 0.2) is 30.5 Å². The summed E-state index contributed by atoms with van der Waals surface area (Å²) in [6.45, 7) is 0.850. The van der Waals surface area contributed by atoms with E-state index in [1.54, 1.807) is 0 Å². The van der Waals surface area contributed by atoms with Crippen molar-refractivity contribution in [3.05, 3.63) is 47.3 Å². The molecule has 2 rings (SSSR count). The van der Waals surface area contributed by atoms with Gasteiger partial charge in [-0.05, 0) is 37.2 Å². The Morgan fingerprint density at radius 3 is 2.67 bits per heavy atom. The predicted octanol–water partition coefficient (Wildman–Crippen LogP) is 2.56. The summed E-state index contributed by atoms with van der Waals surface area (Å²) in [5.74, 6) is -0.934. The van der Waals surface area contributed by atoms with Crippen molar-refractivity contribution in [2.75, 3.05) is 24.1 Å². The monoisotopic (exact) mass is 343 g/mol. The van der Waals surface area contributed by atoms with E-state index in [0.717, 1.165) is 6.07 Å². The lowest BCUT2D eigenvalue weighted by Gasteiger charge is -2.14. The molecule has 9 heteroatoms. The van der Waals surface area contributed by atoms with Gasteiger partial charge >= 0.3 is 6.18 Å². The van der Waals surface area contributed by atoms with Gasteiger partial charge in [0.2, 0.25) is 5.78 Å². The molecule has 0 unspecified atom stereocenters.